The quantitative estimate of drug-likeness (QED) is 0.859. The maximum atomic E-state index is 5.71. The van der Waals surface area contributed by atoms with Crippen LogP contribution in [0.15, 0.2) is 12.1 Å². The molecule has 0 spiro atoms. The van der Waals surface area contributed by atoms with Gasteiger partial charge in [-0.25, -0.2) is 0 Å². The van der Waals surface area contributed by atoms with Gasteiger partial charge in [-0.05, 0) is 45.4 Å². The molecule has 0 aliphatic carbocycles. The molecule has 0 aliphatic rings. The number of anilines is 1. The summed E-state index contributed by atoms with van der Waals surface area (Å²) in [7, 11) is 5.42. The van der Waals surface area contributed by atoms with E-state index in [2.05, 4.69) is 32.7 Å². The van der Waals surface area contributed by atoms with Crippen LogP contribution in [0.3, 0.4) is 0 Å². The first-order chi connectivity index (χ1) is 8.87. The second kappa shape index (κ2) is 6.15. The molecule has 1 rings (SSSR count). The van der Waals surface area contributed by atoms with E-state index in [1.54, 1.807) is 14.2 Å². The van der Waals surface area contributed by atoms with Crippen LogP contribution in [0.5, 0.6) is 11.5 Å². The van der Waals surface area contributed by atoms with Crippen molar-refractivity contribution in [2.45, 2.75) is 32.7 Å². The molecule has 0 saturated heterocycles. The van der Waals surface area contributed by atoms with Crippen LogP contribution in [-0.2, 0) is 0 Å². The summed E-state index contributed by atoms with van der Waals surface area (Å²) in [4.78, 5) is 2.23. The van der Waals surface area contributed by atoms with Gasteiger partial charge in [-0.15, -0.1) is 0 Å². The van der Waals surface area contributed by atoms with E-state index in [1.165, 1.54) is 0 Å². The van der Waals surface area contributed by atoms with Crippen LogP contribution in [0, 0.1) is 6.92 Å². The highest BCUT2D eigenvalue weighted by Crippen LogP contribution is 2.38. The minimum absolute atomic E-state index is 0.0264. The van der Waals surface area contributed by atoms with Crippen LogP contribution in [-0.4, -0.2) is 33.4 Å². The molecule has 0 amide bonds. The summed E-state index contributed by atoms with van der Waals surface area (Å²) in [5.74, 6) is 1.63. The van der Waals surface area contributed by atoms with E-state index in [-0.39, 0.29) is 5.54 Å². The van der Waals surface area contributed by atoms with Crippen molar-refractivity contribution in [3.05, 3.63) is 17.7 Å². The van der Waals surface area contributed by atoms with Crippen LogP contribution in [0.2, 0.25) is 0 Å². The smallest absolute Gasteiger partial charge is 0.146 e. The average Bonchev–Trinajstić information content (AvgIpc) is 2.36. The summed E-state index contributed by atoms with van der Waals surface area (Å²) < 4.78 is 10.8. The van der Waals surface area contributed by atoms with Gasteiger partial charge in [0.25, 0.3) is 0 Å². The largest absolute Gasteiger partial charge is 0.497 e. The lowest BCUT2D eigenvalue weighted by molar-refractivity contribution is 0.388. The molecule has 19 heavy (non-hydrogen) atoms. The lowest BCUT2D eigenvalue weighted by Gasteiger charge is -2.39. The fraction of sp³-hybridized carbons (Fsp3) is 0.600. The molecule has 0 atom stereocenters. The van der Waals surface area contributed by atoms with Crippen LogP contribution in [0.25, 0.3) is 0 Å². The molecular weight excluding hydrogens is 240 g/mol. The van der Waals surface area contributed by atoms with E-state index in [0.717, 1.165) is 29.2 Å². The van der Waals surface area contributed by atoms with Crippen molar-refractivity contribution in [3.63, 3.8) is 0 Å². The number of hydrogen-bond acceptors (Lipinski definition) is 4. The first-order valence-electron chi connectivity index (χ1n) is 6.54. The molecule has 0 radical (unpaired) electrons. The van der Waals surface area contributed by atoms with E-state index in [9.17, 15) is 0 Å². The fourth-order valence-corrected chi connectivity index (χ4v) is 2.24. The molecule has 0 bridgehead atoms. The van der Waals surface area contributed by atoms with Gasteiger partial charge in [0, 0.05) is 18.7 Å². The molecule has 0 heterocycles. The van der Waals surface area contributed by atoms with Gasteiger partial charge in [0.15, 0.2) is 0 Å². The Kier molecular flexibility index (Phi) is 5.06. The molecule has 0 saturated carbocycles. The fourth-order valence-electron chi connectivity index (χ4n) is 2.24. The summed E-state index contributed by atoms with van der Waals surface area (Å²) >= 11 is 0. The number of nitrogens with zero attached hydrogens (tertiary/aromatic N) is 1. The Morgan fingerprint density at radius 2 is 1.84 bits per heavy atom. The van der Waals surface area contributed by atoms with Gasteiger partial charge in [-0.1, -0.05) is 0 Å². The lowest BCUT2D eigenvalue weighted by Crippen LogP contribution is -2.43. The van der Waals surface area contributed by atoms with Crippen LogP contribution < -0.4 is 20.1 Å². The summed E-state index contributed by atoms with van der Waals surface area (Å²) in [6.07, 6.45) is 0.915. The second-order valence-corrected chi connectivity index (χ2v) is 5.41. The number of nitrogens with two attached hydrogens (primary N) is 1. The molecule has 0 unspecified atom stereocenters. The number of rotatable bonds is 6. The van der Waals surface area contributed by atoms with E-state index >= 15 is 0 Å². The van der Waals surface area contributed by atoms with Gasteiger partial charge < -0.3 is 20.1 Å². The number of aryl methyl sites for hydroxylation is 1. The third kappa shape index (κ3) is 3.32. The zero-order valence-corrected chi connectivity index (χ0v) is 12.9. The Bertz CT molecular complexity index is 430. The molecule has 0 fully saturated rings. The summed E-state index contributed by atoms with van der Waals surface area (Å²) in [6, 6.07) is 3.93. The van der Waals surface area contributed by atoms with E-state index in [0.29, 0.717) is 6.54 Å². The van der Waals surface area contributed by atoms with Crippen molar-refractivity contribution in [2.75, 3.05) is 32.7 Å². The zero-order chi connectivity index (χ0) is 14.6. The third-order valence-corrected chi connectivity index (χ3v) is 3.69. The van der Waals surface area contributed by atoms with Gasteiger partial charge in [-0.2, -0.15) is 0 Å². The van der Waals surface area contributed by atoms with Crippen molar-refractivity contribution in [2.24, 2.45) is 5.73 Å². The Balaban J connectivity index is 3.25. The van der Waals surface area contributed by atoms with Gasteiger partial charge in [-0.3, -0.25) is 0 Å². The lowest BCUT2D eigenvalue weighted by atomic mass is 9.96. The predicted molar refractivity (Wildman–Crippen MR) is 80.4 cm³/mol. The molecule has 4 heteroatoms. The monoisotopic (exact) mass is 266 g/mol. The van der Waals surface area contributed by atoms with Crippen LogP contribution in [0.1, 0.15) is 25.8 Å². The molecule has 1 aromatic rings. The van der Waals surface area contributed by atoms with E-state index in [1.807, 2.05) is 12.1 Å². The van der Waals surface area contributed by atoms with Crippen molar-refractivity contribution in [1.29, 1.82) is 0 Å². The van der Waals surface area contributed by atoms with Crippen molar-refractivity contribution in [1.82, 2.24) is 0 Å². The SMILES string of the molecule is COc1cc(C)c(N(C)C(C)(C)CCN)c(OC)c1. The molecule has 0 aliphatic heterocycles. The van der Waals surface area contributed by atoms with Gasteiger partial charge in [0.1, 0.15) is 11.5 Å². The highest BCUT2D eigenvalue weighted by atomic mass is 16.5. The normalized spacial score (nSPS) is 11.3. The number of ether oxygens (including phenoxy) is 2. The second-order valence-electron chi connectivity index (χ2n) is 5.41. The molecule has 4 nitrogen and oxygen atoms in total. The maximum absolute atomic E-state index is 5.71. The van der Waals surface area contributed by atoms with E-state index in [4.69, 9.17) is 15.2 Å². The molecule has 2 N–H and O–H groups in total. The Labute approximate surface area is 116 Å². The van der Waals surface area contributed by atoms with Crippen molar-refractivity contribution < 1.29 is 9.47 Å². The molecule has 0 aromatic heterocycles. The zero-order valence-electron chi connectivity index (χ0n) is 12.9. The first-order valence-corrected chi connectivity index (χ1v) is 6.54. The minimum Gasteiger partial charge on any atom is -0.497 e. The number of benzene rings is 1. The van der Waals surface area contributed by atoms with Crippen molar-refractivity contribution >= 4 is 5.69 Å². The molecule has 108 valence electrons. The minimum atomic E-state index is -0.0264. The number of methoxy groups -OCH3 is 2. The van der Waals surface area contributed by atoms with Crippen molar-refractivity contribution in [3.8, 4) is 11.5 Å². The maximum Gasteiger partial charge on any atom is 0.146 e. The Hall–Kier alpha value is -1.42. The predicted octanol–water partition coefficient (Wildman–Crippen LogP) is 2.58. The van der Waals surface area contributed by atoms with Gasteiger partial charge in [0.2, 0.25) is 0 Å². The van der Waals surface area contributed by atoms with Gasteiger partial charge >= 0.3 is 0 Å². The Morgan fingerprint density at radius 1 is 1.21 bits per heavy atom. The summed E-state index contributed by atoms with van der Waals surface area (Å²) in [5.41, 5.74) is 7.89. The van der Waals surface area contributed by atoms with Crippen LogP contribution in [0.4, 0.5) is 5.69 Å². The summed E-state index contributed by atoms with van der Waals surface area (Å²) in [6.45, 7) is 7.09. The third-order valence-electron chi connectivity index (χ3n) is 3.69. The standard InChI is InChI=1S/C15H26N2O2/c1-11-9-12(18-5)10-13(19-6)14(11)17(4)15(2,3)7-8-16/h9-10H,7-8,16H2,1-6H3. The first kappa shape index (κ1) is 15.6. The highest BCUT2D eigenvalue weighted by molar-refractivity contribution is 5.66. The van der Waals surface area contributed by atoms with E-state index < -0.39 is 0 Å². The topological polar surface area (TPSA) is 47.7 Å². The number of hydrogen-bond donors (Lipinski definition) is 1. The average molecular weight is 266 g/mol. The highest BCUT2D eigenvalue weighted by Gasteiger charge is 2.26. The summed E-state index contributed by atoms with van der Waals surface area (Å²) in [5, 5.41) is 0. The molecule has 1 aromatic carbocycles. The Morgan fingerprint density at radius 3 is 2.32 bits per heavy atom. The molecular formula is C15H26N2O2. The van der Waals surface area contributed by atoms with Crippen LogP contribution >= 0.6 is 0 Å². The van der Waals surface area contributed by atoms with Gasteiger partial charge in [0.05, 0.1) is 19.9 Å².